The van der Waals surface area contributed by atoms with Crippen molar-refractivity contribution < 1.29 is 18.0 Å². The Morgan fingerprint density at radius 3 is 2.59 bits per heavy atom. The number of anilines is 1. The number of carbonyl (C=O) groups excluding carboxylic acids is 1. The van der Waals surface area contributed by atoms with Gasteiger partial charge in [-0.25, -0.2) is 4.98 Å². The van der Waals surface area contributed by atoms with Gasteiger partial charge in [0.25, 0.3) is 5.91 Å². The first-order valence-corrected chi connectivity index (χ1v) is 9.95. The zero-order valence-corrected chi connectivity index (χ0v) is 16.8. The minimum absolute atomic E-state index is 0.0131. The number of carbonyl (C=O) groups is 1. The van der Waals surface area contributed by atoms with Crippen molar-refractivity contribution >= 4 is 23.3 Å². The van der Waals surface area contributed by atoms with Crippen molar-refractivity contribution in [1.29, 1.82) is 0 Å². The first kappa shape index (κ1) is 21.4. The lowest BCUT2D eigenvalue weighted by Gasteiger charge is -2.29. The third-order valence-electron chi connectivity index (χ3n) is 5.29. The summed E-state index contributed by atoms with van der Waals surface area (Å²) in [6.07, 6.45) is 0.614. The highest BCUT2D eigenvalue weighted by Crippen LogP contribution is 2.32. The van der Waals surface area contributed by atoms with E-state index in [2.05, 4.69) is 15.6 Å². The molecule has 1 saturated carbocycles. The van der Waals surface area contributed by atoms with Gasteiger partial charge >= 0.3 is 6.18 Å². The smallest absolute Gasteiger partial charge is 0.370 e. The first-order valence-electron chi connectivity index (χ1n) is 9.57. The molecule has 1 aromatic carbocycles. The van der Waals surface area contributed by atoms with E-state index in [4.69, 9.17) is 11.6 Å². The number of alkyl halides is 3. The van der Waals surface area contributed by atoms with Crippen molar-refractivity contribution in [3.63, 3.8) is 0 Å². The van der Waals surface area contributed by atoms with E-state index < -0.39 is 17.6 Å². The fraction of sp³-hybridized carbons (Fsp3) is 0.429. The maximum absolute atomic E-state index is 12.9. The Hall–Kier alpha value is -2.28. The molecule has 0 atom stereocenters. The van der Waals surface area contributed by atoms with Crippen LogP contribution in [0.5, 0.6) is 0 Å². The normalized spacial score (nSPS) is 19.6. The van der Waals surface area contributed by atoms with Crippen LogP contribution in [0.1, 0.15) is 47.2 Å². The SMILES string of the molecule is Cc1cccnc1NCC1CCC(NC(=O)c2cc(C(F)(F)F)ccc2Cl)CC1. The van der Waals surface area contributed by atoms with Crippen LogP contribution in [0.15, 0.2) is 36.5 Å². The quantitative estimate of drug-likeness (QED) is 0.668. The Bertz CT molecular complexity index is 864. The third kappa shape index (κ3) is 5.63. The Morgan fingerprint density at radius 2 is 1.93 bits per heavy atom. The van der Waals surface area contributed by atoms with Crippen LogP contribution in [0, 0.1) is 12.8 Å². The van der Waals surface area contributed by atoms with Crippen LogP contribution in [-0.2, 0) is 6.18 Å². The molecule has 1 aromatic heterocycles. The zero-order chi connectivity index (χ0) is 21.0. The monoisotopic (exact) mass is 425 g/mol. The highest BCUT2D eigenvalue weighted by atomic mass is 35.5. The lowest BCUT2D eigenvalue weighted by Crippen LogP contribution is -2.38. The van der Waals surface area contributed by atoms with E-state index in [1.807, 2.05) is 19.1 Å². The molecule has 4 nitrogen and oxygen atoms in total. The van der Waals surface area contributed by atoms with Crippen LogP contribution in [-0.4, -0.2) is 23.5 Å². The maximum atomic E-state index is 12.9. The Kier molecular flexibility index (Phi) is 6.67. The van der Waals surface area contributed by atoms with E-state index in [0.29, 0.717) is 5.92 Å². The molecule has 8 heteroatoms. The summed E-state index contributed by atoms with van der Waals surface area (Å²) in [6.45, 7) is 2.80. The summed E-state index contributed by atoms with van der Waals surface area (Å²) >= 11 is 5.95. The van der Waals surface area contributed by atoms with Crippen molar-refractivity contribution in [1.82, 2.24) is 10.3 Å². The number of pyridine rings is 1. The molecular weight excluding hydrogens is 403 g/mol. The van der Waals surface area contributed by atoms with Gasteiger partial charge in [-0.05, 0) is 68.4 Å². The Balaban J connectivity index is 1.52. The summed E-state index contributed by atoms with van der Waals surface area (Å²) in [4.78, 5) is 16.8. The maximum Gasteiger partial charge on any atom is 0.416 e. The number of aromatic nitrogens is 1. The minimum Gasteiger partial charge on any atom is -0.370 e. The van der Waals surface area contributed by atoms with Gasteiger partial charge in [0.05, 0.1) is 16.1 Å². The molecule has 0 bridgehead atoms. The van der Waals surface area contributed by atoms with Crippen LogP contribution >= 0.6 is 11.6 Å². The average Bonchev–Trinajstić information content (AvgIpc) is 2.68. The third-order valence-corrected chi connectivity index (χ3v) is 5.62. The lowest BCUT2D eigenvalue weighted by molar-refractivity contribution is -0.137. The molecule has 1 fully saturated rings. The van der Waals surface area contributed by atoms with E-state index in [1.54, 1.807) is 6.20 Å². The van der Waals surface area contributed by atoms with Gasteiger partial charge in [-0.15, -0.1) is 0 Å². The average molecular weight is 426 g/mol. The van der Waals surface area contributed by atoms with Crippen LogP contribution in [0.2, 0.25) is 5.02 Å². The van der Waals surface area contributed by atoms with E-state index in [1.165, 1.54) is 0 Å². The summed E-state index contributed by atoms with van der Waals surface area (Å²) < 4.78 is 38.7. The number of amides is 1. The molecule has 0 radical (unpaired) electrons. The van der Waals surface area contributed by atoms with Crippen molar-refractivity contribution in [3.05, 3.63) is 58.2 Å². The molecule has 0 aliphatic heterocycles. The summed E-state index contributed by atoms with van der Waals surface area (Å²) in [5.41, 5.74) is 0.0639. The molecule has 1 aliphatic rings. The summed E-state index contributed by atoms with van der Waals surface area (Å²) in [6, 6.07) is 6.62. The number of nitrogens with zero attached hydrogens (tertiary/aromatic N) is 1. The van der Waals surface area contributed by atoms with Crippen LogP contribution in [0.4, 0.5) is 19.0 Å². The topological polar surface area (TPSA) is 54.0 Å². The van der Waals surface area contributed by atoms with Gasteiger partial charge in [0.2, 0.25) is 0 Å². The number of halogens is 4. The standard InChI is InChI=1S/C21H23ClF3N3O/c1-13-3-2-10-26-19(13)27-12-14-4-7-16(8-5-14)28-20(29)17-11-15(21(23,24)25)6-9-18(17)22/h2-3,6,9-11,14,16H,4-5,7-8,12H2,1H3,(H,26,27)(H,28,29). The molecule has 0 saturated heterocycles. The fourth-order valence-corrected chi connectivity index (χ4v) is 3.76. The molecular formula is C21H23ClF3N3O. The van der Waals surface area contributed by atoms with E-state index in [9.17, 15) is 18.0 Å². The fourth-order valence-electron chi connectivity index (χ4n) is 3.56. The summed E-state index contributed by atoms with van der Waals surface area (Å²) in [5, 5.41) is 6.22. The predicted octanol–water partition coefficient (Wildman–Crippen LogP) is 5.46. The molecule has 1 heterocycles. The number of aryl methyl sites for hydroxylation is 1. The van der Waals surface area contributed by atoms with Gasteiger partial charge in [0.1, 0.15) is 5.82 Å². The Morgan fingerprint density at radius 1 is 1.21 bits per heavy atom. The second kappa shape index (κ2) is 9.03. The van der Waals surface area contributed by atoms with E-state index in [-0.39, 0.29) is 16.6 Å². The molecule has 3 rings (SSSR count). The lowest BCUT2D eigenvalue weighted by atomic mass is 9.86. The molecule has 29 heavy (non-hydrogen) atoms. The van der Waals surface area contributed by atoms with Crippen molar-refractivity contribution in [3.8, 4) is 0 Å². The molecule has 0 spiro atoms. The van der Waals surface area contributed by atoms with Gasteiger partial charge in [-0.2, -0.15) is 13.2 Å². The molecule has 156 valence electrons. The van der Waals surface area contributed by atoms with Crippen LogP contribution < -0.4 is 10.6 Å². The molecule has 0 unspecified atom stereocenters. The largest absolute Gasteiger partial charge is 0.416 e. The van der Waals surface area contributed by atoms with Gasteiger partial charge in [0.15, 0.2) is 0 Å². The van der Waals surface area contributed by atoms with Crippen molar-refractivity contribution in [2.75, 3.05) is 11.9 Å². The highest BCUT2D eigenvalue weighted by molar-refractivity contribution is 6.33. The number of hydrogen-bond acceptors (Lipinski definition) is 3. The summed E-state index contributed by atoms with van der Waals surface area (Å²) in [7, 11) is 0. The highest BCUT2D eigenvalue weighted by Gasteiger charge is 2.32. The number of benzene rings is 1. The van der Waals surface area contributed by atoms with Gasteiger partial charge < -0.3 is 10.6 Å². The van der Waals surface area contributed by atoms with E-state index in [0.717, 1.165) is 61.8 Å². The zero-order valence-electron chi connectivity index (χ0n) is 16.0. The van der Waals surface area contributed by atoms with Crippen LogP contribution in [0.25, 0.3) is 0 Å². The Labute approximate surface area is 172 Å². The number of rotatable bonds is 5. The number of hydrogen-bond donors (Lipinski definition) is 2. The first-order chi connectivity index (χ1) is 13.7. The van der Waals surface area contributed by atoms with Gasteiger partial charge in [-0.3, -0.25) is 4.79 Å². The minimum atomic E-state index is -4.52. The van der Waals surface area contributed by atoms with Gasteiger partial charge in [0, 0.05) is 18.8 Å². The van der Waals surface area contributed by atoms with E-state index >= 15 is 0 Å². The predicted molar refractivity (Wildman–Crippen MR) is 107 cm³/mol. The van der Waals surface area contributed by atoms with Crippen molar-refractivity contribution in [2.45, 2.75) is 44.8 Å². The molecule has 1 aliphatic carbocycles. The number of nitrogens with one attached hydrogen (secondary N) is 2. The van der Waals surface area contributed by atoms with Gasteiger partial charge in [-0.1, -0.05) is 17.7 Å². The van der Waals surface area contributed by atoms with Crippen molar-refractivity contribution in [2.24, 2.45) is 5.92 Å². The second-order valence-corrected chi connectivity index (χ2v) is 7.84. The molecule has 2 aromatic rings. The molecule has 1 amide bonds. The summed E-state index contributed by atoms with van der Waals surface area (Å²) in [5.74, 6) is 0.774. The molecule has 2 N–H and O–H groups in total. The second-order valence-electron chi connectivity index (χ2n) is 7.43. The van der Waals surface area contributed by atoms with Crippen LogP contribution in [0.3, 0.4) is 0 Å².